The molecule has 2 aromatic rings. The van der Waals surface area contributed by atoms with Gasteiger partial charge in [0, 0.05) is 23.4 Å². The number of hydrogen-bond donors (Lipinski definition) is 1. The van der Waals surface area contributed by atoms with Crippen LogP contribution in [0.25, 0.3) is 0 Å². The van der Waals surface area contributed by atoms with E-state index >= 15 is 0 Å². The molecule has 1 fully saturated rings. The molecule has 1 aliphatic carbocycles. The van der Waals surface area contributed by atoms with Crippen molar-refractivity contribution in [2.75, 3.05) is 17.3 Å². The maximum atomic E-state index is 12.8. The number of amides is 2. The second kappa shape index (κ2) is 6.05. The monoisotopic (exact) mass is 328 g/mol. The van der Waals surface area contributed by atoms with Gasteiger partial charge in [0.15, 0.2) is 0 Å². The molecule has 0 unspecified atom stereocenters. The van der Waals surface area contributed by atoms with Gasteiger partial charge in [0.2, 0.25) is 11.8 Å². The van der Waals surface area contributed by atoms with Crippen LogP contribution >= 0.6 is 11.6 Å². The van der Waals surface area contributed by atoms with Gasteiger partial charge in [-0.3, -0.25) is 9.59 Å². The summed E-state index contributed by atoms with van der Waals surface area (Å²) in [6, 6.07) is 16.2. The molecule has 0 bridgehead atoms. The average Bonchev–Trinajstić information content (AvgIpc) is 3.38. The molecule has 0 aromatic heterocycles. The molecule has 5 heteroatoms. The number of halogens is 1. The van der Waals surface area contributed by atoms with Crippen molar-refractivity contribution in [2.24, 2.45) is 5.41 Å². The highest BCUT2D eigenvalue weighted by Crippen LogP contribution is 2.48. The molecule has 1 saturated carbocycles. The summed E-state index contributed by atoms with van der Waals surface area (Å²) in [7, 11) is 1.70. The summed E-state index contributed by atoms with van der Waals surface area (Å²) in [6.45, 7) is 0. The highest BCUT2D eigenvalue weighted by Gasteiger charge is 2.57. The first-order chi connectivity index (χ1) is 11.0. The van der Waals surface area contributed by atoms with Gasteiger partial charge >= 0.3 is 0 Å². The molecule has 1 aliphatic rings. The molecule has 0 spiro atoms. The van der Waals surface area contributed by atoms with Crippen LogP contribution in [0.15, 0.2) is 54.6 Å². The van der Waals surface area contributed by atoms with Crippen LogP contribution in [0.1, 0.15) is 12.8 Å². The van der Waals surface area contributed by atoms with Crippen LogP contribution in [-0.2, 0) is 9.59 Å². The highest BCUT2D eigenvalue weighted by molar-refractivity contribution is 6.30. The lowest BCUT2D eigenvalue weighted by Crippen LogP contribution is -2.41. The van der Waals surface area contributed by atoms with Gasteiger partial charge < -0.3 is 10.2 Å². The summed E-state index contributed by atoms with van der Waals surface area (Å²) in [5.41, 5.74) is 0.466. The molecule has 4 nitrogen and oxygen atoms in total. The standard InChI is InChI=1S/C18H17ClN2O2/c1-21(15-5-3-2-4-6-15)17(23)18(11-12-18)16(22)20-14-9-7-13(19)8-10-14/h2-10H,11-12H2,1H3,(H,20,22). The van der Waals surface area contributed by atoms with Crippen LogP contribution in [0.2, 0.25) is 5.02 Å². The second-order valence-electron chi connectivity index (χ2n) is 5.74. The lowest BCUT2D eigenvalue weighted by molar-refractivity contribution is -0.132. The van der Waals surface area contributed by atoms with Gasteiger partial charge in [-0.25, -0.2) is 0 Å². The minimum Gasteiger partial charge on any atom is -0.325 e. The maximum Gasteiger partial charge on any atom is 0.242 e. The fourth-order valence-electron chi connectivity index (χ4n) is 2.54. The van der Waals surface area contributed by atoms with E-state index in [2.05, 4.69) is 5.32 Å². The fourth-order valence-corrected chi connectivity index (χ4v) is 2.66. The molecule has 1 N–H and O–H groups in total. The SMILES string of the molecule is CN(C(=O)C1(C(=O)Nc2ccc(Cl)cc2)CC1)c1ccccc1. The first kappa shape index (κ1) is 15.6. The van der Waals surface area contributed by atoms with E-state index in [1.807, 2.05) is 30.3 Å². The minimum atomic E-state index is -0.954. The average molecular weight is 329 g/mol. The molecule has 0 saturated heterocycles. The van der Waals surface area contributed by atoms with Crippen LogP contribution in [0.5, 0.6) is 0 Å². The summed E-state index contributed by atoms with van der Waals surface area (Å²) < 4.78 is 0. The lowest BCUT2D eigenvalue weighted by Gasteiger charge is -2.23. The van der Waals surface area contributed by atoms with Crippen LogP contribution < -0.4 is 10.2 Å². The van der Waals surface area contributed by atoms with Crippen molar-refractivity contribution in [1.29, 1.82) is 0 Å². The normalized spacial score (nSPS) is 14.9. The van der Waals surface area contributed by atoms with E-state index in [0.29, 0.717) is 23.6 Å². The summed E-state index contributed by atoms with van der Waals surface area (Å²) in [5, 5.41) is 3.42. The Labute approximate surface area is 140 Å². The highest BCUT2D eigenvalue weighted by atomic mass is 35.5. The number of nitrogens with one attached hydrogen (secondary N) is 1. The molecule has 23 heavy (non-hydrogen) atoms. The van der Waals surface area contributed by atoms with Crippen molar-refractivity contribution >= 4 is 34.8 Å². The van der Waals surface area contributed by atoms with E-state index in [4.69, 9.17) is 11.6 Å². The second-order valence-corrected chi connectivity index (χ2v) is 6.18. The zero-order valence-corrected chi connectivity index (χ0v) is 13.5. The quantitative estimate of drug-likeness (QED) is 0.870. The smallest absolute Gasteiger partial charge is 0.242 e. The Morgan fingerprint density at radius 3 is 2.22 bits per heavy atom. The third-order valence-corrected chi connectivity index (χ3v) is 4.40. The lowest BCUT2D eigenvalue weighted by atomic mass is 10.0. The Balaban J connectivity index is 1.74. The van der Waals surface area contributed by atoms with Crippen LogP contribution in [0, 0.1) is 5.41 Å². The number of anilines is 2. The third-order valence-electron chi connectivity index (χ3n) is 4.14. The first-order valence-corrected chi connectivity index (χ1v) is 7.81. The van der Waals surface area contributed by atoms with Crippen molar-refractivity contribution < 1.29 is 9.59 Å². The summed E-state index contributed by atoms with van der Waals surface area (Å²) in [4.78, 5) is 26.9. The van der Waals surface area contributed by atoms with E-state index in [9.17, 15) is 9.59 Å². The maximum absolute atomic E-state index is 12.8. The fraction of sp³-hybridized carbons (Fsp3) is 0.222. The van der Waals surface area contributed by atoms with Gasteiger partial charge in [0.1, 0.15) is 5.41 Å². The minimum absolute atomic E-state index is 0.171. The molecular formula is C18H17ClN2O2. The van der Waals surface area contributed by atoms with Gasteiger partial charge in [-0.2, -0.15) is 0 Å². The van der Waals surface area contributed by atoms with Crippen LogP contribution in [0.4, 0.5) is 11.4 Å². The topological polar surface area (TPSA) is 49.4 Å². The molecule has 2 amide bonds. The van der Waals surface area contributed by atoms with Crippen LogP contribution in [0.3, 0.4) is 0 Å². The van der Waals surface area contributed by atoms with Crippen molar-refractivity contribution in [3.05, 3.63) is 59.6 Å². The first-order valence-electron chi connectivity index (χ1n) is 7.43. The van der Waals surface area contributed by atoms with E-state index in [1.54, 1.807) is 36.2 Å². The van der Waals surface area contributed by atoms with Crippen molar-refractivity contribution in [1.82, 2.24) is 0 Å². The predicted molar refractivity (Wildman–Crippen MR) is 91.6 cm³/mol. The zero-order chi connectivity index (χ0) is 16.4. The Morgan fingerprint density at radius 1 is 1.04 bits per heavy atom. The van der Waals surface area contributed by atoms with Crippen molar-refractivity contribution in [2.45, 2.75) is 12.8 Å². The van der Waals surface area contributed by atoms with Gasteiger partial charge in [-0.15, -0.1) is 0 Å². The summed E-state index contributed by atoms with van der Waals surface area (Å²) in [5.74, 6) is -0.428. The van der Waals surface area contributed by atoms with Gasteiger partial charge in [-0.1, -0.05) is 29.8 Å². The Hall–Kier alpha value is -2.33. The van der Waals surface area contributed by atoms with Gasteiger partial charge in [-0.05, 0) is 49.2 Å². The van der Waals surface area contributed by atoms with Gasteiger partial charge in [0.25, 0.3) is 0 Å². The predicted octanol–water partition coefficient (Wildman–Crippen LogP) is 3.72. The molecular weight excluding hydrogens is 312 g/mol. The Bertz CT molecular complexity index is 724. The largest absolute Gasteiger partial charge is 0.325 e. The number of nitrogens with zero attached hydrogens (tertiary/aromatic N) is 1. The molecule has 0 heterocycles. The van der Waals surface area contributed by atoms with E-state index in [-0.39, 0.29) is 11.8 Å². The number of carbonyl (C=O) groups is 2. The number of benzene rings is 2. The molecule has 0 radical (unpaired) electrons. The molecule has 118 valence electrons. The number of rotatable bonds is 4. The zero-order valence-electron chi connectivity index (χ0n) is 12.8. The van der Waals surface area contributed by atoms with Crippen molar-refractivity contribution in [3.8, 4) is 0 Å². The Morgan fingerprint density at radius 2 is 1.65 bits per heavy atom. The Kier molecular flexibility index (Phi) is 4.09. The van der Waals surface area contributed by atoms with E-state index in [1.165, 1.54) is 0 Å². The van der Waals surface area contributed by atoms with E-state index in [0.717, 1.165) is 5.69 Å². The third kappa shape index (κ3) is 3.08. The summed E-state index contributed by atoms with van der Waals surface area (Å²) >= 11 is 5.84. The van der Waals surface area contributed by atoms with Crippen molar-refractivity contribution in [3.63, 3.8) is 0 Å². The van der Waals surface area contributed by atoms with Gasteiger partial charge in [0.05, 0.1) is 0 Å². The molecule has 0 atom stereocenters. The van der Waals surface area contributed by atoms with Crippen LogP contribution in [-0.4, -0.2) is 18.9 Å². The number of para-hydroxylation sites is 1. The number of carbonyl (C=O) groups excluding carboxylic acids is 2. The van der Waals surface area contributed by atoms with E-state index < -0.39 is 5.41 Å². The molecule has 2 aromatic carbocycles. The molecule has 3 rings (SSSR count). The molecule has 0 aliphatic heterocycles. The number of hydrogen-bond acceptors (Lipinski definition) is 2. The summed E-state index contributed by atoms with van der Waals surface area (Å²) in [6.07, 6.45) is 1.14.